The predicted molar refractivity (Wildman–Crippen MR) is 84.2 cm³/mol. The minimum absolute atomic E-state index is 0.00959. The average Bonchev–Trinajstić information content (AvgIpc) is 2.94. The number of nitrogens with zero attached hydrogens (tertiary/aromatic N) is 1. The van der Waals surface area contributed by atoms with Gasteiger partial charge in [0.25, 0.3) is 5.91 Å². The van der Waals surface area contributed by atoms with Gasteiger partial charge in [-0.25, -0.2) is 0 Å². The van der Waals surface area contributed by atoms with Crippen molar-refractivity contribution < 1.29 is 4.79 Å². The third-order valence-corrected chi connectivity index (χ3v) is 4.59. The number of aromatic amines is 1. The molecule has 0 spiro atoms. The molecule has 2 unspecified atom stereocenters. The summed E-state index contributed by atoms with van der Waals surface area (Å²) in [4.78, 5) is 12.2. The van der Waals surface area contributed by atoms with E-state index in [9.17, 15) is 4.79 Å². The summed E-state index contributed by atoms with van der Waals surface area (Å²) < 4.78 is 0. The molecule has 2 aromatic rings. The second-order valence-corrected chi connectivity index (χ2v) is 6.35. The third kappa shape index (κ3) is 3.43. The van der Waals surface area contributed by atoms with Gasteiger partial charge in [0.05, 0.1) is 11.7 Å². The number of nitrogens with one attached hydrogen (secondary N) is 2. The first-order chi connectivity index (χ1) is 10.2. The van der Waals surface area contributed by atoms with Crippen LogP contribution in [0, 0.1) is 11.8 Å². The molecule has 1 aromatic heterocycles. The highest BCUT2D eigenvalue weighted by Crippen LogP contribution is 2.30. The molecule has 4 nitrogen and oxygen atoms in total. The fourth-order valence-electron chi connectivity index (χ4n) is 3.39. The van der Waals surface area contributed by atoms with Crippen LogP contribution in [0.1, 0.15) is 49.4 Å². The van der Waals surface area contributed by atoms with Crippen LogP contribution in [0.25, 0.3) is 10.9 Å². The summed E-state index contributed by atoms with van der Waals surface area (Å²) in [5, 5.41) is 10.9. The number of H-pyrrole nitrogens is 1. The van der Waals surface area contributed by atoms with Crippen molar-refractivity contribution in [2.75, 3.05) is 6.54 Å². The number of carbonyl (C=O) groups is 1. The number of aromatic nitrogens is 2. The summed E-state index contributed by atoms with van der Waals surface area (Å²) in [7, 11) is 0. The smallest absolute Gasteiger partial charge is 0.251 e. The molecule has 0 radical (unpaired) electrons. The summed E-state index contributed by atoms with van der Waals surface area (Å²) in [5.41, 5.74) is 1.60. The van der Waals surface area contributed by atoms with Gasteiger partial charge in [-0.05, 0) is 36.8 Å². The molecule has 0 saturated heterocycles. The molecule has 1 fully saturated rings. The predicted octanol–water partition coefficient (Wildman–Crippen LogP) is 3.51. The molecule has 1 heterocycles. The molecule has 1 saturated carbocycles. The lowest BCUT2D eigenvalue weighted by Crippen LogP contribution is -2.27. The highest BCUT2D eigenvalue weighted by molar-refractivity contribution is 5.97. The molecule has 1 aromatic carbocycles. The Bertz CT molecular complexity index is 619. The standard InChI is InChI=1S/C17H23N3O/c1-12-3-2-4-13(9-12)7-8-18-17(21)14-5-6-15-11-19-20-16(15)10-14/h5-6,10-13H,2-4,7-9H2,1H3,(H,18,21)(H,19,20). The van der Waals surface area contributed by atoms with Crippen LogP contribution >= 0.6 is 0 Å². The van der Waals surface area contributed by atoms with Gasteiger partial charge in [0.1, 0.15) is 0 Å². The lowest BCUT2D eigenvalue weighted by molar-refractivity contribution is 0.0949. The summed E-state index contributed by atoms with van der Waals surface area (Å²) in [6, 6.07) is 5.65. The molecule has 2 N–H and O–H groups in total. The average molecular weight is 285 g/mol. The first-order valence-corrected chi connectivity index (χ1v) is 7.93. The lowest BCUT2D eigenvalue weighted by atomic mass is 9.81. The fraction of sp³-hybridized carbons (Fsp3) is 0.529. The topological polar surface area (TPSA) is 57.8 Å². The van der Waals surface area contributed by atoms with Crippen LogP contribution in [0.4, 0.5) is 0 Å². The summed E-state index contributed by atoms with van der Waals surface area (Å²) >= 11 is 0. The van der Waals surface area contributed by atoms with Crippen LogP contribution in [-0.2, 0) is 0 Å². The SMILES string of the molecule is CC1CCCC(CCNC(=O)c2ccc3cn[nH]c3c2)C1. The van der Waals surface area contributed by atoms with Gasteiger partial charge in [-0.1, -0.05) is 32.3 Å². The van der Waals surface area contributed by atoms with Crippen molar-refractivity contribution in [3.8, 4) is 0 Å². The molecule has 2 atom stereocenters. The zero-order valence-corrected chi connectivity index (χ0v) is 12.6. The zero-order valence-electron chi connectivity index (χ0n) is 12.6. The van der Waals surface area contributed by atoms with E-state index >= 15 is 0 Å². The number of benzene rings is 1. The molecular formula is C17H23N3O. The summed E-state index contributed by atoms with van der Waals surface area (Å²) in [6.45, 7) is 3.11. The van der Waals surface area contributed by atoms with Crippen molar-refractivity contribution in [2.45, 2.75) is 39.0 Å². The Morgan fingerprint density at radius 2 is 2.33 bits per heavy atom. The van der Waals surface area contributed by atoms with Crippen LogP contribution in [0.5, 0.6) is 0 Å². The Balaban J connectivity index is 1.51. The molecule has 1 aliphatic carbocycles. The second-order valence-electron chi connectivity index (χ2n) is 6.35. The van der Waals surface area contributed by atoms with Crippen molar-refractivity contribution in [2.24, 2.45) is 11.8 Å². The molecule has 3 rings (SSSR count). The van der Waals surface area contributed by atoms with Gasteiger partial charge in [0.15, 0.2) is 0 Å². The van der Waals surface area contributed by atoms with E-state index in [4.69, 9.17) is 0 Å². The van der Waals surface area contributed by atoms with E-state index in [0.29, 0.717) is 5.56 Å². The van der Waals surface area contributed by atoms with Crippen LogP contribution in [0.15, 0.2) is 24.4 Å². The van der Waals surface area contributed by atoms with Crippen LogP contribution in [0.2, 0.25) is 0 Å². The Morgan fingerprint density at radius 1 is 1.43 bits per heavy atom. The number of amides is 1. The van der Waals surface area contributed by atoms with Crippen molar-refractivity contribution in [1.29, 1.82) is 0 Å². The normalized spacial score (nSPS) is 22.3. The van der Waals surface area contributed by atoms with Gasteiger partial charge in [-0.2, -0.15) is 5.10 Å². The molecular weight excluding hydrogens is 262 g/mol. The van der Waals surface area contributed by atoms with E-state index in [1.807, 2.05) is 18.2 Å². The molecule has 21 heavy (non-hydrogen) atoms. The molecule has 4 heteroatoms. The molecule has 1 aliphatic rings. The Morgan fingerprint density at radius 3 is 3.19 bits per heavy atom. The van der Waals surface area contributed by atoms with Crippen LogP contribution < -0.4 is 5.32 Å². The van der Waals surface area contributed by atoms with E-state index in [2.05, 4.69) is 22.4 Å². The van der Waals surface area contributed by atoms with Crippen molar-refractivity contribution in [3.05, 3.63) is 30.0 Å². The highest BCUT2D eigenvalue weighted by Gasteiger charge is 2.18. The van der Waals surface area contributed by atoms with Gasteiger partial charge in [-0.15, -0.1) is 0 Å². The number of fused-ring (bicyclic) bond motifs is 1. The maximum Gasteiger partial charge on any atom is 0.251 e. The van der Waals surface area contributed by atoms with Gasteiger partial charge in [0, 0.05) is 17.5 Å². The number of hydrogen-bond acceptors (Lipinski definition) is 2. The molecule has 0 bridgehead atoms. The molecule has 0 aliphatic heterocycles. The van der Waals surface area contributed by atoms with Crippen molar-refractivity contribution in [1.82, 2.24) is 15.5 Å². The minimum atomic E-state index is 0.00959. The molecule has 112 valence electrons. The monoisotopic (exact) mass is 285 g/mol. The zero-order chi connectivity index (χ0) is 14.7. The van der Waals surface area contributed by atoms with Crippen LogP contribution in [0.3, 0.4) is 0 Å². The first-order valence-electron chi connectivity index (χ1n) is 7.93. The number of carbonyl (C=O) groups excluding carboxylic acids is 1. The first kappa shape index (κ1) is 14.1. The van der Waals surface area contributed by atoms with E-state index in [-0.39, 0.29) is 5.91 Å². The summed E-state index contributed by atoms with van der Waals surface area (Å²) in [6.07, 6.45) is 8.21. The van der Waals surface area contributed by atoms with Gasteiger partial charge in [-0.3, -0.25) is 9.89 Å². The Kier molecular flexibility index (Phi) is 4.23. The van der Waals surface area contributed by atoms with Gasteiger partial charge >= 0.3 is 0 Å². The lowest BCUT2D eigenvalue weighted by Gasteiger charge is -2.26. The maximum atomic E-state index is 12.2. The van der Waals surface area contributed by atoms with E-state index < -0.39 is 0 Å². The maximum absolute atomic E-state index is 12.2. The number of hydrogen-bond donors (Lipinski definition) is 2. The Labute approximate surface area is 125 Å². The van der Waals surface area contributed by atoms with E-state index in [1.54, 1.807) is 6.20 Å². The minimum Gasteiger partial charge on any atom is -0.352 e. The highest BCUT2D eigenvalue weighted by atomic mass is 16.1. The molecule has 1 amide bonds. The van der Waals surface area contributed by atoms with Gasteiger partial charge in [0.2, 0.25) is 0 Å². The van der Waals surface area contributed by atoms with Crippen molar-refractivity contribution in [3.63, 3.8) is 0 Å². The third-order valence-electron chi connectivity index (χ3n) is 4.59. The van der Waals surface area contributed by atoms with Crippen molar-refractivity contribution >= 4 is 16.8 Å². The largest absolute Gasteiger partial charge is 0.352 e. The van der Waals surface area contributed by atoms with Gasteiger partial charge < -0.3 is 5.32 Å². The second kappa shape index (κ2) is 6.29. The summed E-state index contributed by atoms with van der Waals surface area (Å²) in [5.74, 6) is 1.64. The number of rotatable bonds is 4. The van der Waals surface area contributed by atoms with E-state index in [0.717, 1.165) is 35.7 Å². The van der Waals surface area contributed by atoms with Crippen LogP contribution in [-0.4, -0.2) is 22.6 Å². The quantitative estimate of drug-likeness (QED) is 0.903. The Hall–Kier alpha value is -1.84. The fourth-order valence-corrected chi connectivity index (χ4v) is 3.39. The van der Waals surface area contributed by atoms with E-state index in [1.165, 1.54) is 25.7 Å².